The Hall–Kier alpha value is -1.60. The van der Waals surface area contributed by atoms with Gasteiger partial charge in [0.05, 0.1) is 0 Å². The number of fused-ring (bicyclic) bond motifs is 7. The van der Waals surface area contributed by atoms with Gasteiger partial charge in [-0.05, 0) is 22.3 Å². The van der Waals surface area contributed by atoms with Gasteiger partial charge in [0, 0.05) is 29.7 Å². The van der Waals surface area contributed by atoms with Crippen molar-refractivity contribution in [3.05, 3.63) is 70.8 Å². The van der Waals surface area contributed by atoms with Crippen molar-refractivity contribution in [1.29, 1.82) is 0 Å². The van der Waals surface area contributed by atoms with Crippen LogP contribution in [0.1, 0.15) is 40.0 Å². The Balaban J connectivity index is 1.86. The minimum atomic E-state index is 0.327. The number of hydrogen-bond acceptors (Lipinski definition) is 1. The molecule has 1 saturated carbocycles. The fourth-order valence-electron chi connectivity index (χ4n) is 4.99. The monoisotopic (exact) mass is 233 g/mol. The second-order valence-electron chi connectivity index (χ2n) is 5.96. The second-order valence-corrected chi connectivity index (χ2v) is 5.96. The van der Waals surface area contributed by atoms with Crippen LogP contribution in [0, 0.1) is 5.41 Å². The molecule has 2 N–H and O–H groups in total. The second kappa shape index (κ2) is 2.70. The molecule has 0 radical (unpaired) electrons. The Morgan fingerprint density at radius 3 is 1.67 bits per heavy atom. The Morgan fingerprint density at radius 2 is 1.22 bits per heavy atom. The third-order valence-electron chi connectivity index (χ3n) is 5.56. The van der Waals surface area contributed by atoms with E-state index < -0.39 is 0 Å². The summed E-state index contributed by atoms with van der Waals surface area (Å²) in [6.45, 7) is 0.816. The molecule has 3 aliphatic rings. The summed E-state index contributed by atoms with van der Waals surface area (Å²) in [7, 11) is 0. The molecule has 0 amide bonds. The number of benzene rings is 2. The van der Waals surface area contributed by atoms with Gasteiger partial charge in [0.25, 0.3) is 0 Å². The van der Waals surface area contributed by atoms with Crippen molar-refractivity contribution >= 4 is 0 Å². The van der Waals surface area contributed by atoms with E-state index in [0.717, 1.165) is 6.54 Å². The van der Waals surface area contributed by atoms with E-state index in [1.165, 1.54) is 11.1 Å². The van der Waals surface area contributed by atoms with Gasteiger partial charge >= 0.3 is 0 Å². The first-order valence-corrected chi connectivity index (χ1v) is 6.77. The standard InChI is InChI=1S/C17H15N/c18-9-17-14-10-5-1-3-7-12(10)15(17)16(17)13-8-4-2-6-11(13)14/h1-8,14-16H,9,18H2/t14?,15-,16-,17?/m1/s1. The van der Waals surface area contributed by atoms with E-state index in [-0.39, 0.29) is 0 Å². The van der Waals surface area contributed by atoms with Crippen molar-refractivity contribution in [2.45, 2.75) is 17.8 Å². The molecular weight excluding hydrogens is 218 g/mol. The van der Waals surface area contributed by atoms with Crippen LogP contribution >= 0.6 is 0 Å². The molecular formula is C17H15N. The predicted molar refractivity (Wildman–Crippen MR) is 71.7 cm³/mol. The fraction of sp³-hybridized carbons (Fsp3) is 0.294. The van der Waals surface area contributed by atoms with Gasteiger partial charge in [-0.3, -0.25) is 0 Å². The van der Waals surface area contributed by atoms with Crippen molar-refractivity contribution in [3.8, 4) is 0 Å². The maximum absolute atomic E-state index is 6.19. The third kappa shape index (κ3) is 0.733. The maximum Gasteiger partial charge on any atom is 0.0176 e. The summed E-state index contributed by atoms with van der Waals surface area (Å²) in [6, 6.07) is 17.9. The first-order chi connectivity index (χ1) is 8.89. The van der Waals surface area contributed by atoms with Crippen molar-refractivity contribution in [2.75, 3.05) is 6.54 Å². The molecule has 1 heteroatoms. The van der Waals surface area contributed by atoms with Crippen molar-refractivity contribution < 1.29 is 0 Å². The van der Waals surface area contributed by atoms with Crippen LogP contribution in [0.5, 0.6) is 0 Å². The highest BCUT2D eigenvalue weighted by Gasteiger charge is 2.76. The Labute approximate surface area is 107 Å². The van der Waals surface area contributed by atoms with Crippen LogP contribution in [-0.4, -0.2) is 6.54 Å². The normalized spacial score (nSPS) is 37.1. The summed E-state index contributed by atoms with van der Waals surface area (Å²) < 4.78 is 0. The lowest BCUT2D eigenvalue weighted by molar-refractivity contribution is 0.476. The van der Waals surface area contributed by atoms with Crippen LogP contribution < -0.4 is 5.73 Å². The van der Waals surface area contributed by atoms with Gasteiger partial charge in [-0.1, -0.05) is 48.5 Å². The van der Waals surface area contributed by atoms with E-state index in [1.54, 1.807) is 11.1 Å². The van der Waals surface area contributed by atoms with Crippen LogP contribution in [-0.2, 0) is 0 Å². The molecule has 2 atom stereocenters. The van der Waals surface area contributed by atoms with Gasteiger partial charge < -0.3 is 5.73 Å². The summed E-state index contributed by atoms with van der Waals surface area (Å²) in [6.07, 6.45) is 0. The fourth-order valence-corrected chi connectivity index (χ4v) is 4.99. The number of rotatable bonds is 1. The Bertz CT molecular complexity index is 619. The molecule has 1 fully saturated rings. The third-order valence-corrected chi connectivity index (χ3v) is 5.56. The zero-order valence-corrected chi connectivity index (χ0v) is 10.1. The zero-order chi connectivity index (χ0) is 11.9. The van der Waals surface area contributed by atoms with Gasteiger partial charge in [0.15, 0.2) is 0 Å². The molecule has 0 spiro atoms. The van der Waals surface area contributed by atoms with Crippen LogP contribution in [0.4, 0.5) is 0 Å². The Kier molecular flexibility index (Phi) is 1.40. The first kappa shape index (κ1) is 9.35. The van der Waals surface area contributed by atoms with E-state index in [1.807, 2.05) is 0 Å². The highest BCUT2D eigenvalue weighted by Crippen LogP contribution is 2.85. The topological polar surface area (TPSA) is 26.0 Å². The lowest BCUT2D eigenvalue weighted by atomic mass is 9.85. The zero-order valence-electron chi connectivity index (χ0n) is 10.1. The Morgan fingerprint density at radius 1 is 0.778 bits per heavy atom. The smallest absolute Gasteiger partial charge is 0.0176 e. The van der Waals surface area contributed by atoms with E-state index in [4.69, 9.17) is 5.73 Å². The van der Waals surface area contributed by atoms with Gasteiger partial charge in [-0.2, -0.15) is 0 Å². The van der Waals surface area contributed by atoms with E-state index in [2.05, 4.69) is 48.5 Å². The number of nitrogens with two attached hydrogens (primary N) is 1. The largest absolute Gasteiger partial charge is 0.330 e. The molecule has 2 aromatic rings. The quantitative estimate of drug-likeness (QED) is 0.805. The summed E-state index contributed by atoms with van der Waals surface area (Å²) >= 11 is 0. The van der Waals surface area contributed by atoms with Crippen LogP contribution in [0.3, 0.4) is 0 Å². The van der Waals surface area contributed by atoms with Crippen LogP contribution in [0.15, 0.2) is 48.5 Å². The molecule has 0 bridgehead atoms. The molecule has 88 valence electrons. The van der Waals surface area contributed by atoms with Gasteiger partial charge in [-0.15, -0.1) is 0 Å². The van der Waals surface area contributed by atoms with Crippen LogP contribution in [0.25, 0.3) is 0 Å². The molecule has 1 nitrogen and oxygen atoms in total. The molecule has 0 aromatic heterocycles. The predicted octanol–water partition coefficient (Wildman–Crippen LogP) is 2.97. The van der Waals surface area contributed by atoms with Crippen molar-refractivity contribution in [1.82, 2.24) is 0 Å². The summed E-state index contributed by atoms with van der Waals surface area (Å²) in [5.74, 6) is 1.95. The van der Waals surface area contributed by atoms with E-state index in [0.29, 0.717) is 23.2 Å². The van der Waals surface area contributed by atoms with Gasteiger partial charge in [0.1, 0.15) is 0 Å². The molecule has 3 aliphatic carbocycles. The lowest BCUT2D eigenvalue weighted by Gasteiger charge is -2.19. The highest BCUT2D eigenvalue weighted by atomic mass is 14.8. The minimum absolute atomic E-state index is 0.327. The molecule has 0 aliphatic heterocycles. The summed E-state index contributed by atoms with van der Waals surface area (Å²) in [5.41, 5.74) is 12.7. The molecule has 0 heterocycles. The van der Waals surface area contributed by atoms with Crippen molar-refractivity contribution in [3.63, 3.8) is 0 Å². The maximum atomic E-state index is 6.19. The minimum Gasteiger partial charge on any atom is -0.330 e. The average molecular weight is 233 g/mol. The summed E-state index contributed by atoms with van der Waals surface area (Å²) in [5, 5.41) is 0. The first-order valence-electron chi connectivity index (χ1n) is 6.77. The van der Waals surface area contributed by atoms with Gasteiger partial charge in [-0.25, -0.2) is 0 Å². The highest BCUT2D eigenvalue weighted by molar-refractivity contribution is 5.67. The van der Waals surface area contributed by atoms with Crippen LogP contribution in [0.2, 0.25) is 0 Å². The summed E-state index contributed by atoms with van der Waals surface area (Å²) in [4.78, 5) is 0. The molecule has 0 unspecified atom stereocenters. The molecule has 2 aromatic carbocycles. The SMILES string of the molecule is NCC12C3c4ccccc4[C@@H]1[C@H]2c1ccccc13. The molecule has 0 saturated heterocycles. The number of hydrogen-bond donors (Lipinski definition) is 1. The van der Waals surface area contributed by atoms with E-state index in [9.17, 15) is 0 Å². The van der Waals surface area contributed by atoms with Gasteiger partial charge in [0.2, 0.25) is 0 Å². The molecule has 18 heavy (non-hydrogen) atoms. The molecule has 5 rings (SSSR count). The van der Waals surface area contributed by atoms with Crippen molar-refractivity contribution in [2.24, 2.45) is 11.1 Å². The lowest BCUT2D eigenvalue weighted by Crippen LogP contribution is -2.21. The van der Waals surface area contributed by atoms with E-state index >= 15 is 0 Å². The average Bonchev–Trinajstić information content (AvgIpc) is 2.93.